The van der Waals surface area contributed by atoms with Crippen LogP contribution in [0.15, 0.2) is 48.8 Å². The molecule has 24 heavy (non-hydrogen) atoms. The molecule has 5 nitrogen and oxygen atoms in total. The van der Waals surface area contributed by atoms with E-state index in [4.69, 9.17) is 5.10 Å². The van der Waals surface area contributed by atoms with Gasteiger partial charge in [-0.05, 0) is 50.6 Å². The van der Waals surface area contributed by atoms with Gasteiger partial charge >= 0.3 is 0 Å². The fourth-order valence-electron chi connectivity index (χ4n) is 3.21. The summed E-state index contributed by atoms with van der Waals surface area (Å²) in [6.45, 7) is 5.11. The highest BCUT2D eigenvalue weighted by molar-refractivity contribution is 5.69. The number of hydrogen-bond donors (Lipinski definition) is 1. The van der Waals surface area contributed by atoms with Crippen LogP contribution in [0.25, 0.3) is 22.5 Å². The molecule has 122 valence electrons. The zero-order chi connectivity index (χ0) is 16.4. The van der Waals surface area contributed by atoms with Crippen molar-refractivity contribution in [1.82, 2.24) is 25.1 Å². The molecule has 1 N–H and O–H groups in total. The summed E-state index contributed by atoms with van der Waals surface area (Å²) in [4.78, 5) is 8.67. The van der Waals surface area contributed by atoms with Crippen LogP contribution in [0.4, 0.5) is 0 Å². The molecule has 0 unspecified atom stereocenters. The highest BCUT2D eigenvalue weighted by atomic mass is 15.3. The molecule has 3 heterocycles. The topological polar surface area (TPSA) is 55.6 Å². The Morgan fingerprint density at radius 3 is 2.83 bits per heavy atom. The number of nitrogens with zero attached hydrogens (tertiary/aromatic N) is 4. The van der Waals surface area contributed by atoms with Crippen molar-refractivity contribution in [2.75, 3.05) is 13.1 Å². The number of rotatable bonds is 4. The lowest BCUT2D eigenvalue weighted by Gasteiger charge is -2.08. The van der Waals surface area contributed by atoms with Crippen molar-refractivity contribution in [3.8, 4) is 22.5 Å². The second-order valence-corrected chi connectivity index (χ2v) is 6.35. The summed E-state index contributed by atoms with van der Waals surface area (Å²) in [6.07, 6.45) is 5.11. The van der Waals surface area contributed by atoms with Crippen molar-refractivity contribution < 1.29 is 0 Å². The highest BCUT2D eigenvalue weighted by Gasteiger charge is 2.15. The van der Waals surface area contributed by atoms with Gasteiger partial charge in [0.2, 0.25) is 0 Å². The minimum atomic E-state index is 0.688. The molecule has 5 heteroatoms. The van der Waals surface area contributed by atoms with E-state index in [0.717, 1.165) is 48.0 Å². The van der Waals surface area contributed by atoms with Gasteiger partial charge in [0.25, 0.3) is 0 Å². The molecule has 1 aliphatic rings. The number of hydrogen-bond acceptors (Lipinski definition) is 4. The van der Waals surface area contributed by atoms with Crippen LogP contribution in [0, 0.1) is 12.8 Å². The zero-order valence-electron chi connectivity index (χ0n) is 13.8. The van der Waals surface area contributed by atoms with Gasteiger partial charge in [-0.3, -0.25) is 4.68 Å². The van der Waals surface area contributed by atoms with Crippen molar-refractivity contribution in [3.63, 3.8) is 0 Å². The van der Waals surface area contributed by atoms with Crippen molar-refractivity contribution in [2.24, 2.45) is 5.92 Å². The molecule has 0 aliphatic carbocycles. The smallest absolute Gasteiger partial charge is 0.125 e. The number of aromatic nitrogens is 4. The quantitative estimate of drug-likeness (QED) is 0.803. The third-order valence-corrected chi connectivity index (χ3v) is 4.48. The summed E-state index contributed by atoms with van der Waals surface area (Å²) >= 11 is 0. The number of aryl methyl sites for hydroxylation is 1. The Morgan fingerprint density at radius 2 is 2.04 bits per heavy atom. The first kappa shape index (κ1) is 15.0. The fourth-order valence-corrected chi connectivity index (χ4v) is 3.21. The molecule has 1 aliphatic heterocycles. The molecule has 0 spiro atoms. The lowest BCUT2D eigenvalue weighted by Crippen LogP contribution is -2.14. The Labute approximate surface area is 141 Å². The van der Waals surface area contributed by atoms with Crippen LogP contribution in [0.5, 0.6) is 0 Å². The van der Waals surface area contributed by atoms with Gasteiger partial charge in [0.15, 0.2) is 0 Å². The molecule has 0 saturated carbocycles. The number of benzene rings is 1. The first-order valence-corrected chi connectivity index (χ1v) is 8.42. The molecule has 0 amide bonds. The predicted octanol–water partition coefficient (Wildman–Crippen LogP) is 2.93. The van der Waals surface area contributed by atoms with Crippen molar-refractivity contribution in [1.29, 1.82) is 0 Å². The van der Waals surface area contributed by atoms with Crippen LogP contribution in [0.2, 0.25) is 0 Å². The maximum absolute atomic E-state index is 4.75. The minimum absolute atomic E-state index is 0.688. The molecule has 1 saturated heterocycles. The normalized spacial score (nSPS) is 17.3. The molecule has 0 bridgehead atoms. The fraction of sp³-hybridized carbons (Fsp3) is 0.316. The van der Waals surface area contributed by atoms with Gasteiger partial charge in [-0.25, -0.2) is 9.97 Å². The van der Waals surface area contributed by atoms with Crippen molar-refractivity contribution in [2.45, 2.75) is 19.9 Å². The highest BCUT2D eigenvalue weighted by Crippen LogP contribution is 2.24. The summed E-state index contributed by atoms with van der Waals surface area (Å²) < 4.78 is 2.06. The lowest BCUT2D eigenvalue weighted by molar-refractivity contribution is 0.450. The monoisotopic (exact) mass is 319 g/mol. The molecule has 2 aromatic heterocycles. The molecule has 4 rings (SSSR count). The van der Waals surface area contributed by atoms with Gasteiger partial charge in [-0.2, -0.15) is 5.10 Å². The Balaban J connectivity index is 1.58. The Kier molecular flexibility index (Phi) is 4.09. The maximum atomic E-state index is 4.75. The van der Waals surface area contributed by atoms with Crippen molar-refractivity contribution in [3.05, 3.63) is 54.6 Å². The summed E-state index contributed by atoms with van der Waals surface area (Å²) in [6, 6.07) is 12.4. The molecule has 3 aromatic rings. The third-order valence-electron chi connectivity index (χ3n) is 4.48. The van der Waals surface area contributed by atoms with E-state index in [2.05, 4.69) is 56.5 Å². The first-order valence-electron chi connectivity index (χ1n) is 8.42. The summed E-state index contributed by atoms with van der Waals surface area (Å²) in [5.41, 5.74) is 4.16. The predicted molar refractivity (Wildman–Crippen MR) is 94.4 cm³/mol. The van der Waals surface area contributed by atoms with E-state index in [1.54, 1.807) is 6.20 Å². The summed E-state index contributed by atoms with van der Waals surface area (Å²) in [7, 11) is 0. The number of nitrogens with one attached hydrogen (secondary N) is 1. The third kappa shape index (κ3) is 3.21. The summed E-state index contributed by atoms with van der Waals surface area (Å²) in [5, 5.41) is 8.16. The second-order valence-electron chi connectivity index (χ2n) is 6.35. The summed E-state index contributed by atoms with van der Waals surface area (Å²) in [5.74, 6) is 1.47. The van der Waals surface area contributed by atoms with Gasteiger partial charge < -0.3 is 5.32 Å². The van der Waals surface area contributed by atoms with Gasteiger partial charge in [0, 0.05) is 30.1 Å². The van der Waals surface area contributed by atoms with Gasteiger partial charge in [0.1, 0.15) is 5.82 Å². The van der Waals surface area contributed by atoms with Gasteiger partial charge in [-0.1, -0.05) is 18.2 Å². The molecule has 1 fully saturated rings. The van der Waals surface area contributed by atoms with E-state index in [0.29, 0.717) is 5.92 Å². The van der Waals surface area contributed by atoms with Crippen LogP contribution < -0.4 is 5.32 Å². The van der Waals surface area contributed by atoms with E-state index >= 15 is 0 Å². The SMILES string of the molecule is Cc1nccc(-c2cccc(-c3ccn(C[C@@H]4CCNC4)n3)c2)n1. The largest absolute Gasteiger partial charge is 0.316 e. The average molecular weight is 319 g/mol. The van der Waals surface area contributed by atoms with Gasteiger partial charge in [0.05, 0.1) is 11.4 Å². The Morgan fingerprint density at radius 1 is 1.17 bits per heavy atom. The first-order chi connectivity index (χ1) is 11.8. The van der Waals surface area contributed by atoms with Crippen LogP contribution in [0.3, 0.4) is 0 Å². The van der Waals surface area contributed by atoms with E-state index in [1.165, 1.54) is 6.42 Å². The van der Waals surface area contributed by atoms with E-state index in [-0.39, 0.29) is 0 Å². The Bertz CT molecular complexity index is 833. The van der Waals surface area contributed by atoms with Crippen LogP contribution in [0.1, 0.15) is 12.2 Å². The van der Waals surface area contributed by atoms with E-state index in [1.807, 2.05) is 13.0 Å². The molecule has 1 aromatic carbocycles. The molecule has 0 radical (unpaired) electrons. The maximum Gasteiger partial charge on any atom is 0.125 e. The van der Waals surface area contributed by atoms with E-state index in [9.17, 15) is 0 Å². The Hall–Kier alpha value is -2.53. The second kappa shape index (κ2) is 6.53. The standard InChI is InChI=1S/C19H21N5/c1-14-21-9-6-18(22-14)16-3-2-4-17(11-16)19-7-10-24(23-19)13-15-5-8-20-12-15/h2-4,6-7,9-11,15,20H,5,8,12-13H2,1H3/t15-/m1/s1. The van der Waals surface area contributed by atoms with Crippen molar-refractivity contribution >= 4 is 0 Å². The molecule has 1 atom stereocenters. The molecular formula is C19H21N5. The minimum Gasteiger partial charge on any atom is -0.316 e. The van der Waals surface area contributed by atoms with Crippen LogP contribution in [-0.4, -0.2) is 32.8 Å². The van der Waals surface area contributed by atoms with Crippen LogP contribution in [-0.2, 0) is 6.54 Å². The average Bonchev–Trinajstić information content (AvgIpc) is 3.27. The lowest BCUT2D eigenvalue weighted by atomic mass is 10.1. The molecular weight excluding hydrogens is 298 g/mol. The zero-order valence-corrected chi connectivity index (χ0v) is 13.8. The van der Waals surface area contributed by atoms with E-state index < -0.39 is 0 Å². The van der Waals surface area contributed by atoms with Crippen LogP contribution >= 0.6 is 0 Å². The van der Waals surface area contributed by atoms with Gasteiger partial charge in [-0.15, -0.1) is 0 Å².